The fourth-order valence-corrected chi connectivity index (χ4v) is 3.64. The van der Waals surface area contributed by atoms with Crippen molar-refractivity contribution in [2.75, 3.05) is 44.5 Å². The lowest BCUT2D eigenvalue weighted by molar-refractivity contribution is -0.113. The number of morpholine rings is 1. The van der Waals surface area contributed by atoms with E-state index in [0.717, 1.165) is 61.8 Å². The van der Waals surface area contributed by atoms with E-state index in [1.807, 2.05) is 24.3 Å². The number of amides is 1. The zero-order valence-corrected chi connectivity index (χ0v) is 16.5. The molecule has 0 bridgehead atoms. The molecule has 3 rings (SSSR count). The summed E-state index contributed by atoms with van der Waals surface area (Å²) in [6.45, 7) is 6.92. The summed E-state index contributed by atoms with van der Waals surface area (Å²) >= 11 is 1.40. The maximum atomic E-state index is 12.2. The Bertz CT molecular complexity index is 744. The summed E-state index contributed by atoms with van der Waals surface area (Å²) in [7, 11) is 1.61. The second-order valence-corrected chi connectivity index (χ2v) is 7.04. The molecule has 0 spiro atoms. The quantitative estimate of drug-likeness (QED) is 0.688. The summed E-state index contributed by atoms with van der Waals surface area (Å²) in [4.78, 5) is 14.5. The predicted molar refractivity (Wildman–Crippen MR) is 104 cm³/mol. The van der Waals surface area contributed by atoms with Crippen LogP contribution in [0, 0.1) is 0 Å². The number of aromatic nitrogens is 3. The summed E-state index contributed by atoms with van der Waals surface area (Å²) in [5.74, 6) is 1.89. The third-order valence-electron chi connectivity index (χ3n) is 4.28. The minimum atomic E-state index is -0.0782. The second-order valence-electron chi connectivity index (χ2n) is 6.10. The molecule has 1 fully saturated rings. The first-order chi connectivity index (χ1) is 13.2. The summed E-state index contributed by atoms with van der Waals surface area (Å²) < 4.78 is 12.6. The van der Waals surface area contributed by atoms with Crippen LogP contribution in [-0.4, -0.2) is 64.7 Å². The van der Waals surface area contributed by atoms with Crippen molar-refractivity contribution in [1.82, 2.24) is 19.7 Å². The molecule has 0 saturated carbocycles. The molecule has 9 heteroatoms. The number of carbonyl (C=O) groups is 1. The van der Waals surface area contributed by atoms with Crippen molar-refractivity contribution in [1.29, 1.82) is 0 Å². The van der Waals surface area contributed by atoms with Gasteiger partial charge in [0.25, 0.3) is 0 Å². The van der Waals surface area contributed by atoms with Crippen LogP contribution < -0.4 is 10.1 Å². The molecule has 1 saturated heterocycles. The van der Waals surface area contributed by atoms with Crippen molar-refractivity contribution in [2.24, 2.45) is 0 Å². The molecule has 8 nitrogen and oxygen atoms in total. The molecule has 1 N–H and O–H groups in total. The molecular formula is C18H25N5O3S. The van der Waals surface area contributed by atoms with Crippen molar-refractivity contribution < 1.29 is 14.3 Å². The van der Waals surface area contributed by atoms with Crippen LogP contribution in [0.2, 0.25) is 0 Å². The Kier molecular flexibility index (Phi) is 7.08. The average Bonchev–Trinajstić information content (AvgIpc) is 3.09. The van der Waals surface area contributed by atoms with Gasteiger partial charge in [0.1, 0.15) is 11.6 Å². The Morgan fingerprint density at radius 2 is 2.00 bits per heavy atom. The molecule has 0 atom stereocenters. The molecule has 1 amide bonds. The number of methoxy groups -OCH3 is 1. The number of ether oxygens (including phenoxy) is 2. The van der Waals surface area contributed by atoms with Crippen molar-refractivity contribution in [2.45, 2.75) is 25.2 Å². The zero-order valence-electron chi connectivity index (χ0n) is 15.7. The summed E-state index contributed by atoms with van der Waals surface area (Å²) in [5, 5.41) is 12.2. The molecule has 0 unspecified atom stereocenters. The zero-order chi connectivity index (χ0) is 19.1. The molecule has 146 valence electrons. The van der Waals surface area contributed by atoms with Gasteiger partial charge in [0.15, 0.2) is 5.16 Å². The number of carbonyl (C=O) groups excluding carboxylic acids is 1. The Morgan fingerprint density at radius 3 is 2.67 bits per heavy atom. The topological polar surface area (TPSA) is 81.5 Å². The van der Waals surface area contributed by atoms with E-state index in [-0.39, 0.29) is 11.7 Å². The molecule has 1 aromatic heterocycles. The van der Waals surface area contributed by atoms with E-state index in [1.54, 1.807) is 7.11 Å². The van der Waals surface area contributed by atoms with E-state index < -0.39 is 0 Å². The SMILES string of the molecule is CCn1c(CN2CCOCC2)nnc1SCC(=O)Nc1ccc(OC)cc1. The lowest BCUT2D eigenvalue weighted by atomic mass is 10.3. The Balaban J connectivity index is 1.54. The highest BCUT2D eigenvalue weighted by molar-refractivity contribution is 7.99. The molecule has 1 aliphatic heterocycles. The van der Waals surface area contributed by atoms with Gasteiger partial charge in [0, 0.05) is 25.3 Å². The Morgan fingerprint density at radius 1 is 1.26 bits per heavy atom. The molecule has 0 aliphatic carbocycles. The fraction of sp³-hybridized carbons (Fsp3) is 0.500. The normalized spacial score (nSPS) is 14.9. The fourth-order valence-electron chi connectivity index (χ4n) is 2.82. The molecule has 0 radical (unpaired) electrons. The monoisotopic (exact) mass is 391 g/mol. The molecular weight excluding hydrogens is 366 g/mol. The van der Waals surface area contributed by atoms with E-state index in [1.165, 1.54) is 11.8 Å². The number of hydrogen-bond donors (Lipinski definition) is 1. The smallest absolute Gasteiger partial charge is 0.234 e. The van der Waals surface area contributed by atoms with Crippen LogP contribution in [0.5, 0.6) is 5.75 Å². The van der Waals surface area contributed by atoms with Crippen LogP contribution in [0.25, 0.3) is 0 Å². The molecule has 2 aromatic rings. The van der Waals surface area contributed by atoms with Crippen molar-refractivity contribution in [3.8, 4) is 5.75 Å². The van der Waals surface area contributed by atoms with Gasteiger partial charge in [-0.05, 0) is 31.2 Å². The van der Waals surface area contributed by atoms with E-state index in [0.29, 0.717) is 0 Å². The molecule has 27 heavy (non-hydrogen) atoms. The van der Waals surface area contributed by atoms with Crippen LogP contribution in [0.3, 0.4) is 0 Å². The largest absolute Gasteiger partial charge is 0.497 e. The van der Waals surface area contributed by atoms with Gasteiger partial charge in [-0.3, -0.25) is 9.69 Å². The van der Waals surface area contributed by atoms with E-state index in [4.69, 9.17) is 9.47 Å². The van der Waals surface area contributed by atoms with Crippen LogP contribution in [0.4, 0.5) is 5.69 Å². The number of anilines is 1. The van der Waals surface area contributed by atoms with Gasteiger partial charge in [0.2, 0.25) is 5.91 Å². The average molecular weight is 391 g/mol. The van der Waals surface area contributed by atoms with Gasteiger partial charge in [-0.1, -0.05) is 11.8 Å². The van der Waals surface area contributed by atoms with Gasteiger partial charge in [-0.2, -0.15) is 0 Å². The van der Waals surface area contributed by atoms with Gasteiger partial charge in [-0.15, -0.1) is 10.2 Å². The first kappa shape index (κ1) is 19.7. The predicted octanol–water partition coefficient (Wildman–Crippen LogP) is 1.87. The number of benzene rings is 1. The van der Waals surface area contributed by atoms with Crippen LogP contribution in [-0.2, 0) is 22.6 Å². The summed E-state index contributed by atoms with van der Waals surface area (Å²) in [6.07, 6.45) is 0. The minimum absolute atomic E-state index is 0.0782. The van der Waals surface area contributed by atoms with Crippen molar-refractivity contribution in [3.05, 3.63) is 30.1 Å². The number of thioether (sulfide) groups is 1. The highest BCUT2D eigenvalue weighted by atomic mass is 32.2. The molecule has 1 aromatic carbocycles. The third kappa shape index (κ3) is 5.44. The standard InChI is InChI=1S/C18H25N5O3S/c1-3-23-16(12-22-8-10-26-11-9-22)20-21-18(23)27-13-17(24)19-14-4-6-15(25-2)7-5-14/h4-7H,3,8-13H2,1-2H3,(H,19,24). The number of nitrogens with zero attached hydrogens (tertiary/aromatic N) is 4. The Hall–Kier alpha value is -2.10. The number of hydrogen-bond acceptors (Lipinski definition) is 7. The van der Waals surface area contributed by atoms with Crippen LogP contribution >= 0.6 is 11.8 Å². The highest BCUT2D eigenvalue weighted by Crippen LogP contribution is 2.20. The van der Waals surface area contributed by atoms with E-state index in [2.05, 4.69) is 31.9 Å². The summed E-state index contributed by atoms with van der Waals surface area (Å²) in [5.41, 5.74) is 0.742. The number of nitrogens with one attached hydrogen (secondary N) is 1. The first-order valence-electron chi connectivity index (χ1n) is 8.98. The van der Waals surface area contributed by atoms with Gasteiger partial charge in [-0.25, -0.2) is 0 Å². The van der Waals surface area contributed by atoms with Crippen LogP contribution in [0.15, 0.2) is 29.4 Å². The lowest BCUT2D eigenvalue weighted by Gasteiger charge is -2.26. The maximum Gasteiger partial charge on any atom is 0.234 e. The van der Waals surface area contributed by atoms with Gasteiger partial charge in [0.05, 0.1) is 32.6 Å². The highest BCUT2D eigenvalue weighted by Gasteiger charge is 2.17. The first-order valence-corrected chi connectivity index (χ1v) is 9.97. The van der Waals surface area contributed by atoms with Crippen LogP contribution in [0.1, 0.15) is 12.7 Å². The van der Waals surface area contributed by atoms with Gasteiger partial charge >= 0.3 is 0 Å². The summed E-state index contributed by atoms with van der Waals surface area (Å²) in [6, 6.07) is 7.26. The molecule has 2 heterocycles. The van der Waals surface area contributed by atoms with Crippen molar-refractivity contribution in [3.63, 3.8) is 0 Å². The maximum absolute atomic E-state index is 12.2. The van der Waals surface area contributed by atoms with Crippen molar-refractivity contribution >= 4 is 23.4 Å². The third-order valence-corrected chi connectivity index (χ3v) is 5.25. The number of rotatable bonds is 8. The Labute approximate surface area is 163 Å². The van der Waals surface area contributed by atoms with E-state index >= 15 is 0 Å². The molecule has 1 aliphatic rings. The lowest BCUT2D eigenvalue weighted by Crippen LogP contribution is -2.36. The van der Waals surface area contributed by atoms with Gasteiger partial charge < -0.3 is 19.4 Å². The van der Waals surface area contributed by atoms with E-state index in [9.17, 15) is 4.79 Å². The second kappa shape index (κ2) is 9.72. The minimum Gasteiger partial charge on any atom is -0.497 e.